The van der Waals surface area contributed by atoms with Crippen LogP contribution in [0.1, 0.15) is 16.7 Å². The molecule has 0 aromatic heterocycles. The highest BCUT2D eigenvalue weighted by molar-refractivity contribution is 5.89. The molecule has 0 heteroatoms. The van der Waals surface area contributed by atoms with Gasteiger partial charge in [0.1, 0.15) is 0 Å². The zero-order chi connectivity index (χ0) is 13.4. The molecule has 0 heterocycles. The van der Waals surface area contributed by atoms with Crippen LogP contribution in [0.25, 0.3) is 16.3 Å². The Morgan fingerprint density at radius 2 is 1.45 bits per heavy atom. The molecule has 0 radical (unpaired) electrons. The second kappa shape index (κ2) is 4.64. The number of hydrogen-bond donors (Lipinski definition) is 0. The summed E-state index contributed by atoms with van der Waals surface area (Å²) in [6.07, 6.45) is 4.49. The van der Waals surface area contributed by atoms with Crippen molar-refractivity contribution in [3.8, 4) is 0 Å². The van der Waals surface area contributed by atoms with Gasteiger partial charge in [0.25, 0.3) is 0 Å². The first kappa shape index (κ1) is 11.5. The molecule has 0 aliphatic heterocycles. The number of rotatable bonds is 2. The minimum Gasteiger partial charge on any atom is -0.0759 e. The topological polar surface area (TPSA) is 0 Å². The minimum absolute atomic E-state index is 1.03. The van der Waals surface area contributed by atoms with Gasteiger partial charge in [-0.3, -0.25) is 0 Å². The van der Waals surface area contributed by atoms with Crippen molar-refractivity contribution in [1.29, 1.82) is 0 Å². The maximum Gasteiger partial charge on any atom is -0.00228 e. The van der Waals surface area contributed by atoms with E-state index in [1.54, 1.807) is 0 Å². The molecule has 3 aromatic rings. The number of allylic oxidation sites excluding steroid dienone is 2. The van der Waals surface area contributed by atoms with Crippen molar-refractivity contribution in [1.82, 2.24) is 0 Å². The summed E-state index contributed by atoms with van der Waals surface area (Å²) in [5.74, 6) is 0. The van der Waals surface area contributed by atoms with Crippen LogP contribution in [0, 0.1) is 0 Å². The van der Waals surface area contributed by atoms with Gasteiger partial charge < -0.3 is 0 Å². The summed E-state index contributed by atoms with van der Waals surface area (Å²) < 4.78 is 0. The maximum absolute atomic E-state index is 2.39. The van der Waals surface area contributed by atoms with Crippen LogP contribution in [0.3, 0.4) is 0 Å². The molecule has 3 aromatic carbocycles. The second-order valence-corrected chi connectivity index (χ2v) is 5.45. The fraction of sp³-hybridized carbons (Fsp3) is 0.100. The van der Waals surface area contributed by atoms with E-state index in [4.69, 9.17) is 0 Å². The van der Waals surface area contributed by atoms with Gasteiger partial charge >= 0.3 is 0 Å². The molecule has 0 fully saturated rings. The molecule has 0 atom stereocenters. The second-order valence-electron chi connectivity index (χ2n) is 5.45. The Hall–Kier alpha value is -2.34. The highest BCUT2D eigenvalue weighted by Crippen LogP contribution is 2.33. The lowest BCUT2D eigenvalue weighted by Gasteiger charge is -2.08. The first-order valence-corrected chi connectivity index (χ1v) is 7.15. The summed E-state index contributed by atoms with van der Waals surface area (Å²) >= 11 is 0. The highest BCUT2D eigenvalue weighted by Gasteiger charge is 2.15. The number of fused-ring (bicyclic) bond motifs is 2. The molecule has 0 spiro atoms. The Bertz CT molecular complexity index is 795. The summed E-state index contributed by atoms with van der Waals surface area (Å²) in [5, 5.41) is 2.69. The Labute approximate surface area is 119 Å². The van der Waals surface area contributed by atoms with Crippen molar-refractivity contribution in [2.24, 2.45) is 0 Å². The van der Waals surface area contributed by atoms with Crippen LogP contribution in [-0.2, 0) is 12.8 Å². The Balaban J connectivity index is 1.75. The molecule has 0 bridgehead atoms. The molecule has 0 saturated heterocycles. The molecular weight excluding hydrogens is 240 g/mol. The molecule has 0 nitrogen and oxygen atoms in total. The lowest BCUT2D eigenvalue weighted by Crippen LogP contribution is -1.90. The third kappa shape index (κ3) is 1.94. The smallest absolute Gasteiger partial charge is 0.00228 e. The summed E-state index contributed by atoms with van der Waals surface area (Å²) in [6, 6.07) is 24.1. The predicted octanol–water partition coefficient (Wildman–Crippen LogP) is 5.02. The number of benzene rings is 3. The van der Waals surface area contributed by atoms with Gasteiger partial charge in [-0.2, -0.15) is 0 Å². The van der Waals surface area contributed by atoms with Crippen molar-refractivity contribution in [2.75, 3.05) is 0 Å². The monoisotopic (exact) mass is 256 g/mol. The Morgan fingerprint density at radius 1 is 0.750 bits per heavy atom. The van der Waals surface area contributed by atoms with Crippen molar-refractivity contribution in [3.05, 3.63) is 89.5 Å². The average Bonchev–Trinajstić information content (AvgIpc) is 2.88. The van der Waals surface area contributed by atoms with Gasteiger partial charge in [-0.15, -0.1) is 0 Å². The van der Waals surface area contributed by atoms with Gasteiger partial charge in [-0.05, 0) is 51.9 Å². The van der Waals surface area contributed by atoms with Gasteiger partial charge in [0, 0.05) is 0 Å². The van der Waals surface area contributed by atoms with Gasteiger partial charge in [-0.25, -0.2) is 0 Å². The van der Waals surface area contributed by atoms with Crippen LogP contribution in [0.4, 0.5) is 0 Å². The van der Waals surface area contributed by atoms with E-state index in [0.29, 0.717) is 0 Å². The summed E-state index contributed by atoms with van der Waals surface area (Å²) in [4.78, 5) is 0. The van der Waals surface area contributed by atoms with Gasteiger partial charge in [0.15, 0.2) is 0 Å². The molecule has 1 aliphatic carbocycles. The quantitative estimate of drug-likeness (QED) is 0.603. The lowest BCUT2D eigenvalue weighted by molar-refractivity contribution is 1.29. The van der Waals surface area contributed by atoms with Crippen molar-refractivity contribution in [3.63, 3.8) is 0 Å². The minimum atomic E-state index is 1.03. The Morgan fingerprint density at radius 3 is 2.25 bits per heavy atom. The van der Waals surface area contributed by atoms with Crippen LogP contribution in [-0.4, -0.2) is 0 Å². The van der Waals surface area contributed by atoms with Gasteiger partial charge in [0.2, 0.25) is 0 Å². The maximum atomic E-state index is 2.39. The van der Waals surface area contributed by atoms with Crippen LogP contribution >= 0.6 is 0 Å². The molecule has 0 saturated carbocycles. The SMILES string of the molecule is C1=C(Cc2ccccc2)c2cc3ccccc3cc2C1. The Kier molecular flexibility index (Phi) is 2.67. The molecule has 1 aliphatic rings. The largest absolute Gasteiger partial charge is 0.0759 e. The van der Waals surface area contributed by atoms with Crippen LogP contribution in [0.15, 0.2) is 72.8 Å². The van der Waals surface area contributed by atoms with E-state index in [0.717, 1.165) is 12.8 Å². The summed E-state index contributed by atoms with van der Waals surface area (Å²) in [5.41, 5.74) is 5.76. The van der Waals surface area contributed by atoms with Crippen molar-refractivity contribution in [2.45, 2.75) is 12.8 Å². The average molecular weight is 256 g/mol. The normalized spacial score (nSPS) is 13.3. The number of hydrogen-bond acceptors (Lipinski definition) is 0. The zero-order valence-electron chi connectivity index (χ0n) is 11.3. The van der Waals surface area contributed by atoms with E-state index in [1.165, 1.54) is 33.0 Å². The van der Waals surface area contributed by atoms with Crippen molar-refractivity contribution < 1.29 is 0 Å². The van der Waals surface area contributed by atoms with Crippen molar-refractivity contribution >= 4 is 16.3 Å². The summed E-state index contributed by atoms with van der Waals surface area (Å²) in [7, 11) is 0. The first-order valence-electron chi connectivity index (χ1n) is 7.15. The lowest BCUT2D eigenvalue weighted by atomic mass is 9.96. The van der Waals surface area contributed by atoms with Gasteiger partial charge in [-0.1, -0.05) is 66.7 Å². The molecular formula is C20H16. The predicted molar refractivity (Wildman–Crippen MR) is 85.8 cm³/mol. The third-order valence-electron chi connectivity index (χ3n) is 4.12. The van der Waals surface area contributed by atoms with Crippen LogP contribution in [0.2, 0.25) is 0 Å². The molecule has 0 N–H and O–H groups in total. The molecule has 4 rings (SSSR count). The summed E-state index contributed by atoms with van der Waals surface area (Å²) in [6.45, 7) is 0. The van der Waals surface area contributed by atoms with Gasteiger partial charge in [0.05, 0.1) is 0 Å². The van der Waals surface area contributed by atoms with E-state index >= 15 is 0 Å². The van der Waals surface area contributed by atoms with E-state index in [-0.39, 0.29) is 0 Å². The standard InChI is InChI=1S/C20H16/c1-2-6-15(7-3-1)12-18-10-11-19-13-16-8-4-5-9-17(16)14-20(18)19/h1-10,13-14H,11-12H2. The third-order valence-corrected chi connectivity index (χ3v) is 4.12. The zero-order valence-corrected chi connectivity index (χ0v) is 11.3. The highest BCUT2D eigenvalue weighted by atomic mass is 14.2. The van der Waals surface area contributed by atoms with Crippen LogP contribution in [0.5, 0.6) is 0 Å². The molecule has 0 unspecified atom stereocenters. The van der Waals surface area contributed by atoms with E-state index in [9.17, 15) is 0 Å². The molecule has 96 valence electrons. The fourth-order valence-corrected chi connectivity index (χ4v) is 3.08. The van der Waals surface area contributed by atoms with E-state index < -0.39 is 0 Å². The van der Waals surface area contributed by atoms with Crippen LogP contribution < -0.4 is 0 Å². The van der Waals surface area contributed by atoms with E-state index in [2.05, 4.69) is 72.8 Å². The van der Waals surface area contributed by atoms with E-state index in [1.807, 2.05) is 0 Å². The molecule has 0 amide bonds. The molecule has 20 heavy (non-hydrogen) atoms. The fourth-order valence-electron chi connectivity index (χ4n) is 3.08. The first-order chi connectivity index (χ1) is 9.90.